The Labute approximate surface area is 150 Å². The molecule has 0 unspecified atom stereocenters. The number of hydrogen-bond acceptors (Lipinski definition) is 6. The van der Waals surface area contributed by atoms with Crippen LogP contribution in [-0.2, 0) is 16.1 Å². The van der Waals surface area contributed by atoms with Crippen LogP contribution in [0.3, 0.4) is 0 Å². The molecule has 0 radical (unpaired) electrons. The Morgan fingerprint density at radius 3 is 2.56 bits per heavy atom. The number of nitrogens with zero attached hydrogens (tertiary/aromatic N) is 1. The quantitative estimate of drug-likeness (QED) is 0.632. The molecule has 2 rings (SSSR count). The van der Waals surface area contributed by atoms with Crippen LogP contribution in [0.1, 0.15) is 45.8 Å². The van der Waals surface area contributed by atoms with Gasteiger partial charge in [-0.25, -0.2) is 9.78 Å². The monoisotopic (exact) mass is 360 g/mol. The van der Waals surface area contributed by atoms with Crippen molar-refractivity contribution < 1.29 is 19.1 Å². The molecule has 0 saturated carbocycles. The van der Waals surface area contributed by atoms with E-state index in [0.29, 0.717) is 11.4 Å². The number of Topliss-reactive ketones (excluding diaryl/α,β-unsaturated/α-hetero) is 1. The number of pyridine rings is 1. The van der Waals surface area contributed by atoms with Crippen LogP contribution in [0, 0.1) is 5.41 Å². The van der Waals surface area contributed by atoms with Crippen molar-refractivity contribution >= 4 is 29.0 Å². The molecule has 2 heterocycles. The summed E-state index contributed by atoms with van der Waals surface area (Å²) in [4.78, 5) is 41.0. The summed E-state index contributed by atoms with van der Waals surface area (Å²) in [5.41, 5.74) is -0.303. The van der Waals surface area contributed by atoms with Crippen molar-refractivity contribution in [3.8, 4) is 0 Å². The maximum Gasteiger partial charge on any atom is 0.357 e. The lowest BCUT2D eigenvalue weighted by atomic mass is 9.96. The summed E-state index contributed by atoms with van der Waals surface area (Å²) in [6.07, 6.45) is 1.48. The summed E-state index contributed by atoms with van der Waals surface area (Å²) in [5.74, 6) is -0.982. The van der Waals surface area contributed by atoms with Gasteiger partial charge in [-0.2, -0.15) is 0 Å². The van der Waals surface area contributed by atoms with Gasteiger partial charge in [0.15, 0.2) is 6.61 Å². The number of ketones is 1. The number of rotatable bonds is 6. The highest BCUT2D eigenvalue weighted by atomic mass is 32.1. The minimum Gasteiger partial charge on any atom is -0.453 e. The molecule has 0 saturated heterocycles. The van der Waals surface area contributed by atoms with Crippen molar-refractivity contribution in [2.45, 2.75) is 27.3 Å². The Morgan fingerprint density at radius 1 is 1.16 bits per heavy atom. The maximum atomic E-state index is 12.1. The molecule has 0 spiro atoms. The minimum atomic E-state index is -0.636. The SMILES string of the molecule is CC(C)(C)C(=O)NCc1ccc(C(=O)COC(=O)c2ccccn2)s1. The summed E-state index contributed by atoms with van der Waals surface area (Å²) in [7, 11) is 0. The summed E-state index contributed by atoms with van der Waals surface area (Å²) in [6, 6.07) is 8.33. The molecule has 2 aromatic heterocycles. The van der Waals surface area contributed by atoms with Crippen molar-refractivity contribution in [2.24, 2.45) is 5.41 Å². The second-order valence-corrected chi connectivity index (χ2v) is 7.58. The molecule has 7 heteroatoms. The van der Waals surface area contributed by atoms with Gasteiger partial charge < -0.3 is 10.1 Å². The Hall–Kier alpha value is -2.54. The number of carbonyl (C=O) groups excluding carboxylic acids is 3. The molecule has 0 aliphatic carbocycles. The van der Waals surface area contributed by atoms with Gasteiger partial charge in [0, 0.05) is 16.5 Å². The number of ether oxygens (including phenoxy) is 1. The maximum absolute atomic E-state index is 12.1. The number of hydrogen-bond donors (Lipinski definition) is 1. The molecule has 1 N–H and O–H groups in total. The van der Waals surface area contributed by atoms with Crippen molar-refractivity contribution in [2.75, 3.05) is 6.61 Å². The molecule has 0 bridgehead atoms. The third-order valence-electron chi connectivity index (χ3n) is 3.25. The third kappa shape index (κ3) is 5.49. The van der Waals surface area contributed by atoms with E-state index >= 15 is 0 Å². The molecule has 0 aliphatic heterocycles. The molecule has 6 nitrogen and oxygen atoms in total. The van der Waals surface area contributed by atoms with Gasteiger partial charge >= 0.3 is 5.97 Å². The normalized spacial score (nSPS) is 11.0. The van der Waals surface area contributed by atoms with Crippen molar-refractivity contribution in [3.05, 3.63) is 52.0 Å². The van der Waals surface area contributed by atoms with E-state index in [9.17, 15) is 14.4 Å². The van der Waals surface area contributed by atoms with Crippen LogP contribution in [0.2, 0.25) is 0 Å². The first kappa shape index (κ1) is 18.8. The third-order valence-corrected chi connectivity index (χ3v) is 4.38. The highest BCUT2D eigenvalue weighted by Gasteiger charge is 2.21. The van der Waals surface area contributed by atoms with Gasteiger partial charge in [0.25, 0.3) is 0 Å². The number of carbonyl (C=O) groups is 3. The zero-order chi connectivity index (χ0) is 18.4. The fraction of sp³-hybridized carbons (Fsp3) is 0.333. The van der Waals surface area contributed by atoms with Gasteiger partial charge in [-0.1, -0.05) is 26.8 Å². The summed E-state index contributed by atoms with van der Waals surface area (Å²) in [5, 5.41) is 2.83. The molecular formula is C18H20N2O4S. The Morgan fingerprint density at radius 2 is 1.92 bits per heavy atom. The molecule has 0 atom stereocenters. The Kier molecular flexibility index (Phi) is 6.03. The molecule has 25 heavy (non-hydrogen) atoms. The molecule has 0 aliphatic rings. The fourth-order valence-electron chi connectivity index (χ4n) is 1.82. The van der Waals surface area contributed by atoms with Crippen LogP contribution in [0.25, 0.3) is 0 Å². The zero-order valence-corrected chi connectivity index (χ0v) is 15.2. The van der Waals surface area contributed by atoms with Crippen LogP contribution < -0.4 is 5.32 Å². The average molecular weight is 360 g/mol. The van der Waals surface area contributed by atoms with E-state index < -0.39 is 11.4 Å². The van der Waals surface area contributed by atoms with Crippen molar-refractivity contribution in [1.29, 1.82) is 0 Å². The molecule has 132 valence electrons. The number of esters is 1. The molecule has 0 aromatic carbocycles. The number of aromatic nitrogens is 1. The van der Waals surface area contributed by atoms with Gasteiger partial charge in [-0.3, -0.25) is 9.59 Å². The Balaban J connectivity index is 1.86. The van der Waals surface area contributed by atoms with Crippen LogP contribution >= 0.6 is 11.3 Å². The fourth-order valence-corrected chi connectivity index (χ4v) is 2.69. The van der Waals surface area contributed by atoms with Crippen molar-refractivity contribution in [3.63, 3.8) is 0 Å². The van der Waals surface area contributed by atoms with Gasteiger partial charge in [0.2, 0.25) is 11.7 Å². The largest absolute Gasteiger partial charge is 0.453 e. The van der Waals surface area contributed by atoms with E-state index in [1.165, 1.54) is 23.6 Å². The first-order valence-electron chi connectivity index (χ1n) is 7.76. The number of amides is 1. The second-order valence-electron chi connectivity index (χ2n) is 6.41. The second kappa shape index (κ2) is 8.02. The van der Waals surface area contributed by atoms with Crippen LogP contribution in [0.5, 0.6) is 0 Å². The van der Waals surface area contributed by atoms with Crippen LogP contribution in [0.4, 0.5) is 0 Å². The first-order chi connectivity index (χ1) is 11.8. The van der Waals surface area contributed by atoms with E-state index in [1.54, 1.807) is 24.3 Å². The molecule has 2 aromatic rings. The molecule has 0 fully saturated rings. The van der Waals surface area contributed by atoms with Crippen LogP contribution in [-0.4, -0.2) is 29.3 Å². The van der Waals surface area contributed by atoms with E-state index in [1.807, 2.05) is 20.8 Å². The van der Waals surface area contributed by atoms with Gasteiger partial charge in [0.05, 0.1) is 11.4 Å². The summed E-state index contributed by atoms with van der Waals surface area (Å²) in [6.45, 7) is 5.52. The van der Waals surface area contributed by atoms with Crippen LogP contribution in [0.15, 0.2) is 36.5 Å². The Bertz CT molecular complexity index is 763. The first-order valence-corrected chi connectivity index (χ1v) is 8.57. The molecule has 1 amide bonds. The average Bonchev–Trinajstić information content (AvgIpc) is 3.06. The smallest absolute Gasteiger partial charge is 0.357 e. The standard InChI is InChI=1S/C18H20N2O4S/c1-18(2,3)17(23)20-10-12-7-8-15(25-12)14(21)11-24-16(22)13-6-4-5-9-19-13/h4-9H,10-11H2,1-3H3,(H,20,23). The topological polar surface area (TPSA) is 85.4 Å². The lowest BCUT2D eigenvalue weighted by molar-refractivity contribution is -0.128. The summed E-state index contributed by atoms with van der Waals surface area (Å²) < 4.78 is 4.98. The van der Waals surface area contributed by atoms with E-state index in [-0.39, 0.29) is 24.0 Å². The summed E-state index contributed by atoms with van der Waals surface area (Å²) >= 11 is 1.27. The number of thiophene rings is 1. The highest BCUT2D eigenvalue weighted by Crippen LogP contribution is 2.18. The zero-order valence-electron chi connectivity index (χ0n) is 14.4. The highest BCUT2D eigenvalue weighted by molar-refractivity contribution is 7.14. The molecular weight excluding hydrogens is 340 g/mol. The lowest BCUT2D eigenvalue weighted by Gasteiger charge is -2.17. The van der Waals surface area contributed by atoms with E-state index in [4.69, 9.17) is 4.74 Å². The minimum absolute atomic E-state index is 0.0573. The lowest BCUT2D eigenvalue weighted by Crippen LogP contribution is -2.34. The predicted octanol–water partition coefficient (Wildman–Crippen LogP) is 2.85. The number of nitrogens with one attached hydrogen (secondary N) is 1. The van der Waals surface area contributed by atoms with Gasteiger partial charge in [-0.15, -0.1) is 11.3 Å². The van der Waals surface area contributed by atoms with E-state index in [2.05, 4.69) is 10.3 Å². The van der Waals surface area contributed by atoms with Gasteiger partial charge in [0.1, 0.15) is 5.69 Å². The van der Waals surface area contributed by atoms with Crippen molar-refractivity contribution in [1.82, 2.24) is 10.3 Å². The van der Waals surface area contributed by atoms with E-state index in [0.717, 1.165) is 4.88 Å². The predicted molar refractivity (Wildman–Crippen MR) is 94.5 cm³/mol. The van der Waals surface area contributed by atoms with Gasteiger partial charge in [-0.05, 0) is 24.3 Å².